The largest absolute Gasteiger partial charge is 0.507 e. The maximum Gasteiger partial charge on any atom is 0.295 e. The monoisotopic (exact) mass is 456 g/mol. The normalized spacial score (nSPS) is 17.1. The molecule has 6 heteroatoms. The molecule has 1 N–H and O–H groups in total. The van der Waals surface area contributed by atoms with Gasteiger partial charge in [-0.15, -0.1) is 0 Å². The van der Waals surface area contributed by atoms with Crippen LogP contribution in [0.4, 0.5) is 5.69 Å². The molecule has 3 aromatic carbocycles. The number of hydrogen-bond donors (Lipinski definition) is 1. The number of ketones is 1. The summed E-state index contributed by atoms with van der Waals surface area (Å²) in [6, 6.07) is 23.4. The number of Topliss-reactive ketones (excluding diaryl/α,β-unsaturated/α-hetero) is 1. The van der Waals surface area contributed by atoms with Gasteiger partial charge in [-0.05, 0) is 42.3 Å². The summed E-state index contributed by atoms with van der Waals surface area (Å²) < 4.78 is 5.55. The lowest BCUT2D eigenvalue weighted by molar-refractivity contribution is -0.140. The topological polar surface area (TPSA) is 70.1 Å². The van der Waals surface area contributed by atoms with Gasteiger partial charge in [-0.3, -0.25) is 9.59 Å². The molecular weight excluding hydrogens is 428 g/mol. The summed E-state index contributed by atoms with van der Waals surface area (Å²) in [5.41, 5.74) is 3.15. The lowest BCUT2D eigenvalue weighted by Crippen LogP contribution is -2.29. The molecule has 1 aliphatic heterocycles. The summed E-state index contributed by atoms with van der Waals surface area (Å²) in [5.74, 6) is -0.959. The standard InChI is InChI=1S/C28H28N2O4/c1-4-34-23-12-8-11-21(17-23)26(31)24-25(20-13-15-22(16-14-20)29(2)3)30(28(33)27(24)32)18-19-9-6-5-7-10-19/h5-17,25,31H,4,18H2,1-3H3. The van der Waals surface area contributed by atoms with Crippen molar-refractivity contribution < 1.29 is 19.4 Å². The van der Waals surface area contributed by atoms with E-state index in [1.54, 1.807) is 24.3 Å². The lowest BCUT2D eigenvalue weighted by atomic mass is 9.95. The van der Waals surface area contributed by atoms with Gasteiger partial charge in [0.1, 0.15) is 11.5 Å². The maximum absolute atomic E-state index is 13.2. The summed E-state index contributed by atoms with van der Waals surface area (Å²) in [5, 5.41) is 11.3. The van der Waals surface area contributed by atoms with Crippen molar-refractivity contribution in [2.45, 2.75) is 19.5 Å². The van der Waals surface area contributed by atoms with Crippen LogP contribution in [0, 0.1) is 0 Å². The average Bonchev–Trinajstić information content (AvgIpc) is 3.09. The van der Waals surface area contributed by atoms with Crippen molar-refractivity contribution in [3.63, 3.8) is 0 Å². The molecule has 3 aromatic rings. The number of nitrogens with zero attached hydrogens (tertiary/aromatic N) is 2. The summed E-state index contributed by atoms with van der Waals surface area (Å²) in [4.78, 5) is 29.9. The molecular formula is C28H28N2O4. The minimum Gasteiger partial charge on any atom is -0.507 e. The predicted octanol–water partition coefficient (Wildman–Crippen LogP) is 4.77. The van der Waals surface area contributed by atoms with Crippen LogP contribution in [-0.4, -0.2) is 42.4 Å². The Kier molecular flexibility index (Phi) is 6.68. The van der Waals surface area contributed by atoms with Crippen LogP contribution < -0.4 is 9.64 Å². The third-order valence-electron chi connectivity index (χ3n) is 5.88. The first-order valence-electron chi connectivity index (χ1n) is 11.2. The molecule has 0 aromatic heterocycles. The third kappa shape index (κ3) is 4.53. The number of likely N-dealkylation sites (tertiary alicyclic amines) is 1. The van der Waals surface area contributed by atoms with Crippen molar-refractivity contribution in [1.29, 1.82) is 0 Å². The summed E-state index contributed by atoms with van der Waals surface area (Å²) >= 11 is 0. The second-order valence-electron chi connectivity index (χ2n) is 8.36. The Bertz CT molecular complexity index is 1220. The third-order valence-corrected chi connectivity index (χ3v) is 5.88. The minimum atomic E-state index is -0.716. The molecule has 0 bridgehead atoms. The van der Waals surface area contributed by atoms with Crippen molar-refractivity contribution in [3.8, 4) is 5.75 Å². The van der Waals surface area contributed by atoms with E-state index in [0.717, 1.165) is 16.8 Å². The molecule has 0 radical (unpaired) electrons. The van der Waals surface area contributed by atoms with E-state index in [1.807, 2.05) is 80.5 Å². The number of aliphatic hydroxyl groups excluding tert-OH is 1. The number of benzene rings is 3. The van der Waals surface area contributed by atoms with E-state index in [2.05, 4.69) is 0 Å². The Morgan fingerprint density at radius 3 is 2.32 bits per heavy atom. The van der Waals surface area contributed by atoms with Gasteiger partial charge in [-0.25, -0.2) is 0 Å². The van der Waals surface area contributed by atoms with Gasteiger partial charge in [-0.2, -0.15) is 0 Å². The Morgan fingerprint density at radius 2 is 1.68 bits per heavy atom. The molecule has 1 amide bonds. The van der Waals surface area contributed by atoms with Crippen molar-refractivity contribution in [2.24, 2.45) is 0 Å². The molecule has 1 saturated heterocycles. The van der Waals surface area contributed by atoms with Crippen molar-refractivity contribution in [2.75, 3.05) is 25.6 Å². The van der Waals surface area contributed by atoms with Gasteiger partial charge in [-0.1, -0.05) is 54.6 Å². The number of hydrogen-bond acceptors (Lipinski definition) is 5. The fourth-order valence-corrected chi connectivity index (χ4v) is 4.18. The number of aliphatic hydroxyl groups is 1. The van der Waals surface area contributed by atoms with Gasteiger partial charge in [0.2, 0.25) is 0 Å². The second-order valence-corrected chi connectivity index (χ2v) is 8.36. The summed E-state index contributed by atoms with van der Waals surface area (Å²) in [6.45, 7) is 2.60. The number of anilines is 1. The van der Waals surface area contributed by atoms with Crippen LogP contribution >= 0.6 is 0 Å². The maximum atomic E-state index is 13.2. The van der Waals surface area contributed by atoms with Gasteiger partial charge < -0.3 is 19.6 Å². The molecule has 1 heterocycles. The van der Waals surface area contributed by atoms with E-state index in [9.17, 15) is 14.7 Å². The molecule has 1 aliphatic rings. The fourth-order valence-electron chi connectivity index (χ4n) is 4.18. The number of rotatable bonds is 7. The zero-order valence-electron chi connectivity index (χ0n) is 19.6. The Morgan fingerprint density at radius 1 is 0.971 bits per heavy atom. The fraction of sp³-hybridized carbons (Fsp3) is 0.214. The first-order valence-corrected chi connectivity index (χ1v) is 11.2. The molecule has 1 unspecified atom stereocenters. The first-order chi connectivity index (χ1) is 16.4. The van der Waals surface area contributed by atoms with Gasteiger partial charge in [0.25, 0.3) is 11.7 Å². The van der Waals surface area contributed by atoms with Crippen LogP contribution in [0.25, 0.3) is 5.76 Å². The first kappa shape index (κ1) is 23.1. The Labute approximate surface area is 199 Å². The minimum absolute atomic E-state index is 0.0761. The van der Waals surface area contributed by atoms with Gasteiger partial charge >= 0.3 is 0 Å². The van der Waals surface area contributed by atoms with Crippen LogP contribution in [0.1, 0.15) is 29.7 Å². The van der Waals surface area contributed by atoms with E-state index < -0.39 is 17.7 Å². The highest BCUT2D eigenvalue weighted by Gasteiger charge is 2.46. The van der Waals surface area contributed by atoms with Gasteiger partial charge in [0.05, 0.1) is 18.2 Å². The quantitative estimate of drug-likeness (QED) is 0.315. The molecule has 1 fully saturated rings. The van der Waals surface area contributed by atoms with Gasteiger partial charge in [0, 0.05) is 31.9 Å². The van der Waals surface area contributed by atoms with Crippen LogP contribution in [0.3, 0.4) is 0 Å². The van der Waals surface area contributed by atoms with E-state index in [0.29, 0.717) is 17.9 Å². The average molecular weight is 457 g/mol. The molecule has 6 nitrogen and oxygen atoms in total. The molecule has 0 aliphatic carbocycles. The van der Waals surface area contributed by atoms with E-state index in [4.69, 9.17) is 4.74 Å². The van der Waals surface area contributed by atoms with Crippen LogP contribution in [-0.2, 0) is 16.1 Å². The predicted molar refractivity (Wildman–Crippen MR) is 133 cm³/mol. The molecule has 1 atom stereocenters. The van der Waals surface area contributed by atoms with Gasteiger partial charge in [0.15, 0.2) is 0 Å². The van der Waals surface area contributed by atoms with Crippen molar-refractivity contribution in [3.05, 3.63) is 101 Å². The smallest absolute Gasteiger partial charge is 0.295 e. The van der Waals surface area contributed by atoms with Crippen LogP contribution in [0.15, 0.2) is 84.4 Å². The summed E-state index contributed by atoms with van der Waals surface area (Å²) in [7, 11) is 3.89. The van der Waals surface area contributed by atoms with E-state index in [-0.39, 0.29) is 17.9 Å². The highest BCUT2D eigenvalue weighted by molar-refractivity contribution is 6.46. The lowest BCUT2D eigenvalue weighted by Gasteiger charge is -2.26. The molecule has 34 heavy (non-hydrogen) atoms. The number of carbonyl (C=O) groups excluding carboxylic acids is 2. The van der Waals surface area contributed by atoms with E-state index in [1.165, 1.54) is 4.90 Å². The van der Waals surface area contributed by atoms with Crippen LogP contribution in [0.2, 0.25) is 0 Å². The van der Waals surface area contributed by atoms with Crippen molar-refractivity contribution >= 4 is 23.1 Å². The molecule has 0 saturated carbocycles. The zero-order chi connectivity index (χ0) is 24.2. The highest BCUT2D eigenvalue weighted by Crippen LogP contribution is 2.41. The zero-order valence-corrected chi connectivity index (χ0v) is 19.6. The Balaban J connectivity index is 1.84. The molecule has 0 spiro atoms. The van der Waals surface area contributed by atoms with Crippen molar-refractivity contribution in [1.82, 2.24) is 4.90 Å². The number of ether oxygens (including phenoxy) is 1. The number of amides is 1. The molecule has 4 rings (SSSR count). The SMILES string of the molecule is CCOc1cccc(C(O)=C2C(=O)C(=O)N(Cc3ccccc3)C2c2ccc(N(C)C)cc2)c1. The van der Waals surface area contributed by atoms with Crippen LogP contribution in [0.5, 0.6) is 5.75 Å². The van der Waals surface area contributed by atoms with E-state index >= 15 is 0 Å². The second kappa shape index (κ2) is 9.83. The number of carbonyl (C=O) groups is 2. The summed E-state index contributed by atoms with van der Waals surface area (Å²) in [6.07, 6.45) is 0. The Hall–Kier alpha value is -4.06. The highest BCUT2D eigenvalue weighted by atomic mass is 16.5. The molecule has 174 valence electrons.